The van der Waals surface area contributed by atoms with Crippen LogP contribution in [-0.4, -0.2) is 37.4 Å². The molecule has 27 heavy (non-hydrogen) atoms. The maximum absolute atomic E-state index is 12.2. The maximum atomic E-state index is 12.2. The lowest BCUT2D eigenvalue weighted by atomic mass is 10.1. The van der Waals surface area contributed by atoms with Crippen LogP contribution in [0.4, 0.5) is 0 Å². The molecule has 0 N–H and O–H groups in total. The first kappa shape index (κ1) is 18.7. The second kappa shape index (κ2) is 8.54. The molecular formula is C18H18N2O6S. The van der Waals surface area contributed by atoms with Crippen molar-refractivity contribution in [3.05, 3.63) is 41.1 Å². The molecule has 0 radical (unpaired) electrons. The van der Waals surface area contributed by atoms with Crippen LogP contribution in [0.15, 0.2) is 34.2 Å². The van der Waals surface area contributed by atoms with Crippen molar-refractivity contribution in [3.63, 3.8) is 0 Å². The van der Waals surface area contributed by atoms with E-state index in [9.17, 15) is 4.79 Å². The monoisotopic (exact) mass is 390 g/mol. The summed E-state index contributed by atoms with van der Waals surface area (Å²) in [6.07, 6.45) is 0.0304. The number of aromatic nitrogens is 2. The fourth-order valence-corrected chi connectivity index (χ4v) is 3.07. The van der Waals surface area contributed by atoms with Crippen LogP contribution in [0, 0.1) is 0 Å². The Morgan fingerprint density at radius 3 is 2.48 bits per heavy atom. The molecule has 2 heterocycles. The van der Waals surface area contributed by atoms with Gasteiger partial charge in [0, 0.05) is 0 Å². The molecule has 1 aromatic carbocycles. The molecule has 0 aliphatic rings. The van der Waals surface area contributed by atoms with Crippen LogP contribution < -0.4 is 14.2 Å². The minimum atomic E-state index is -0.444. The van der Waals surface area contributed by atoms with E-state index in [1.165, 1.54) is 32.7 Å². The predicted molar refractivity (Wildman–Crippen MR) is 97.2 cm³/mol. The number of nitrogens with zero attached hydrogens (tertiary/aromatic N) is 2. The number of esters is 1. The number of hydrogen-bond acceptors (Lipinski definition) is 9. The maximum Gasteiger partial charge on any atom is 0.310 e. The standard InChI is InChI=1S/C18H18N2O6S/c1-22-12-7-11(8-13(23-2)17(12)24-3)9-16(21)25-10-15-19-18(20-26-15)14-5-4-6-27-14/h4-8H,9-10H2,1-3H3. The van der Waals surface area contributed by atoms with Crippen LogP contribution in [0.5, 0.6) is 17.2 Å². The average molecular weight is 390 g/mol. The van der Waals surface area contributed by atoms with E-state index in [1.807, 2.05) is 17.5 Å². The third-order valence-electron chi connectivity index (χ3n) is 3.64. The van der Waals surface area contributed by atoms with Crippen molar-refractivity contribution in [1.82, 2.24) is 10.1 Å². The largest absolute Gasteiger partial charge is 0.493 e. The molecule has 0 spiro atoms. The van der Waals surface area contributed by atoms with Crippen LogP contribution in [0.25, 0.3) is 10.7 Å². The number of thiophene rings is 1. The zero-order chi connectivity index (χ0) is 19.2. The Bertz CT molecular complexity index is 881. The van der Waals surface area contributed by atoms with E-state index >= 15 is 0 Å². The van der Waals surface area contributed by atoms with Crippen molar-refractivity contribution < 1.29 is 28.3 Å². The molecule has 0 aliphatic heterocycles. The molecule has 0 amide bonds. The van der Waals surface area contributed by atoms with Crippen LogP contribution >= 0.6 is 11.3 Å². The van der Waals surface area contributed by atoms with E-state index in [0.29, 0.717) is 28.6 Å². The Morgan fingerprint density at radius 2 is 1.89 bits per heavy atom. The average Bonchev–Trinajstić information content (AvgIpc) is 3.37. The lowest BCUT2D eigenvalue weighted by Crippen LogP contribution is -2.09. The van der Waals surface area contributed by atoms with Gasteiger partial charge in [0.1, 0.15) is 0 Å². The van der Waals surface area contributed by atoms with E-state index in [-0.39, 0.29) is 18.9 Å². The Balaban J connectivity index is 1.62. The second-order valence-corrected chi connectivity index (χ2v) is 6.31. The summed E-state index contributed by atoms with van der Waals surface area (Å²) in [6, 6.07) is 7.18. The number of ether oxygens (including phenoxy) is 4. The third-order valence-corrected chi connectivity index (χ3v) is 4.51. The topological polar surface area (TPSA) is 92.9 Å². The van der Waals surface area contributed by atoms with Crippen molar-refractivity contribution in [2.24, 2.45) is 0 Å². The van der Waals surface area contributed by atoms with Crippen molar-refractivity contribution in [2.45, 2.75) is 13.0 Å². The summed E-state index contributed by atoms with van der Waals surface area (Å²) in [7, 11) is 4.55. The zero-order valence-corrected chi connectivity index (χ0v) is 15.9. The first-order valence-corrected chi connectivity index (χ1v) is 8.83. The summed E-state index contributed by atoms with van der Waals surface area (Å²) in [4.78, 5) is 17.2. The summed E-state index contributed by atoms with van der Waals surface area (Å²) >= 11 is 1.50. The first-order valence-electron chi connectivity index (χ1n) is 7.95. The summed E-state index contributed by atoms with van der Waals surface area (Å²) in [5.41, 5.74) is 0.666. The molecule has 8 nitrogen and oxygen atoms in total. The highest BCUT2D eigenvalue weighted by molar-refractivity contribution is 7.13. The lowest BCUT2D eigenvalue weighted by Gasteiger charge is -2.13. The summed E-state index contributed by atoms with van der Waals surface area (Å²) in [5, 5.41) is 5.79. The fourth-order valence-electron chi connectivity index (χ4n) is 2.42. The van der Waals surface area contributed by atoms with E-state index in [0.717, 1.165) is 4.88 Å². The molecule has 0 atom stereocenters. The molecule has 2 aromatic heterocycles. The number of carbonyl (C=O) groups excluding carboxylic acids is 1. The normalized spacial score (nSPS) is 10.5. The van der Waals surface area contributed by atoms with Gasteiger partial charge in [-0.3, -0.25) is 4.79 Å². The highest BCUT2D eigenvalue weighted by Crippen LogP contribution is 2.38. The molecule has 0 fully saturated rings. The third kappa shape index (κ3) is 4.37. The van der Waals surface area contributed by atoms with Crippen LogP contribution in [0.3, 0.4) is 0 Å². The van der Waals surface area contributed by atoms with Crippen molar-refractivity contribution in [1.29, 1.82) is 0 Å². The quantitative estimate of drug-likeness (QED) is 0.542. The van der Waals surface area contributed by atoms with Gasteiger partial charge >= 0.3 is 5.97 Å². The molecule has 3 rings (SSSR count). The van der Waals surface area contributed by atoms with Crippen molar-refractivity contribution in [2.75, 3.05) is 21.3 Å². The van der Waals surface area contributed by atoms with Gasteiger partial charge in [0.25, 0.3) is 5.89 Å². The van der Waals surface area contributed by atoms with Crippen molar-refractivity contribution in [3.8, 4) is 28.0 Å². The first-order chi connectivity index (χ1) is 13.1. The van der Waals surface area contributed by atoms with Crippen LogP contribution in [0.2, 0.25) is 0 Å². The van der Waals surface area contributed by atoms with Gasteiger partial charge in [0.15, 0.2) is 18.1 Å². The summed E-state index contributed by atoms with van der Waals surface area (Å²) in [6.45, 7) is -0.0956. The van der Waals surface area contributed by atoms with Gasteiger partial charge in [0.2, 0.25) is 11.6 Å². The minimum absolute atomic E-state index is 0.0304. The van der Waals surface area contributed by atoms with Gasteiger partial charge in [-0.25, -0.2) is 0 Å². The Kier molecular flexibility index (Phi) is 5.92. The van der Waals surface area contributed by atoms with Crippen molar-refractivity contribution >= 4 is 17.3 Å². The predicted octanol–water partition coefficient (Wildman–Crippen LogP) is 3.11. The highest BCUT2D eigenvalue weighted by Gasteiger charge is 2.16. The number of benzene rings is 1. The van der Waals surface area contributed by atoms with Crippen LogP contribution in [0.1, 0.15) is 11.5 Å². The molecule has 0 saturated carbocycles. The van der Waals surface area contributed by atoms with Gasteiger partial charge in [-0.15, -0.1) is 11.3 Å². The van der Waals surface area contributed by atoms with Gasteiger partial charge in [0.05, 0.1) is 32.6 Å². The van der Waals surface area contributed by atoms with E-state index in [4.69, 9.17) is 23.5 Å². The zero-order valence-electron chi connectivity index (χ0n) is 15.1. The summed E-state index contributed by atoms with van der Waals surface area (Å²) in [5.74, 6) is 1.66. The van der Waals surface area contributed by atoms with Gasteiger partial charge < -0.3 is 23.5 Å². The number of methoxy groups -OCH3 is 3. The Morgan fingerprint density at radius 1 is 1.15 bits per heavy atom. The lowest BCUT2D eigenvalue weighted by molar-refractivity contribution is -0.144. The van der Waals surface area contributed by atoms with Crippen LogP contribution in [-0.2, 0) is 22.6 Å². The number of hydrogen-bond donors (Lipinski definition) is 0. The molecule has 9 heteroatoms. The summed E-state index contributed by atoms with van der Waals surface area (Å²) < 4.78 is 26.1. The Hall–Kier alpha value is -3.07. The van der Waals surface area contributed by atoms with E-state index in [2.05, 4.69) is 10.1 Å². The highest BCUT2D eigenvalue weighted by atomic mass is 32.1. The smallest absolute Gasteiger partial charge is 0.310 e. The van der Waals surface area contributed by atoms with Gasteiger partial charge in [-0.1, -0.05) is 11.2 Å². The van der Waals surface area contributed by atoms with E-state index < -0.39 is 5.97 Å². The Labute approximate surface area is 159 Å². The van der Waals surface area contributed by atoms with E-state index in [1.54, 1.807) is 12.1 Å². The van der Waals surface area contributed by atoms with Gasteiger partial charge in [-0.05, 0) is 29.1 Å². The fraction of sp³-hybridized carbons (Fsp3) is 0.278. The molecule has 0 bridgehead atoms. The SMILES string of the molecule is COc1cc(CC(=O)OCc2nc(-c3cccs3)no2)cc(OC)c1OC. The number of rotatable bonds is 8. The molecule has 142 valence electrons. The second-order valence-electron chi connectivity index (χ2n) is 5.36. The molecule has 0 aliphatic carbocycles. The minimum Gasteiger partial charge on any atom is -0.493 e. The molecule has 0 unspecified atom stereocenters. The molecule has 0 saturated heterocycles. The molecular weight excluding hydrogens is 372 g/mol. The van der Waals surface area contributed by atoms with Gasteiger partial charge in [-0.2, -0.15) is 4.98 Å². The number of carbonyl (C=O) groups is 1. The molecule has 3 aromatic rings.